The monoisotopic (exact) mass is 369 g/mol. The van der Waals surface area contributed by atoms with E-state index in [0.29, 0.717) is 11.2 Å². The molecule has 1 N–H and O–H groups in total. The van der Waals surface area contributed by atoms with E-state index in [0.717, 1.165) is 54.1 Å². The molecule has 0 unspecified atom stereocenters. The molecule has 6 heteroatoms. The third-order valence-corrected chi connectivity index (χ3v) is 5.37. The van der Waals surface area contributed by atoms with Crippen LogP contribution >= 0.6 is 0 Å². The Morgan fingerprint density at radius 1 is 1.22 bits per heavy atom. The molecule has 0 radical (unpaired) electrons. The Bertz CT molecular complexity index is 821. The van der Waals surface area contributed by atoms with Crippen LogP contribution in [-0.4, -0.2) is 41.2 Å². The summed E-state index contributed by atoms with van der Waals surface area (Å²) in [6.45, 7) is 8.23. The van der Waals surface area contributed by atoms with Gasteiger partial charge in [-0.05, 0) is 37.3 Å². The zero-order valence-corrected chi connectivity index (χ0v) is 16.5. The molecule has 2 aromatic rings. The molecular weight excluding hydrogens is 342 g/mol. The van der Waals surface area contributed by atoms with Gasteiger partial charge >= 0.3 is 5.97 Å². The van der Waals surface area contributed by atoms with Crippen molar-refractivity contribution in [3.63, 3.8) is 0 Å². The third-order valence-electron chi connectivity index (χ3n) is 5.37. The molecule has 1 fully saturated rings. The van der Waals surface area contributed by atoms with E-state index in [1.54, 1.807) is 13.3 Å². The van der Waals surface area contributed by atoms with Crippen LogP contribution in [0.25, 0.3) is 11.3 Å². The highest BCUT2D eigenvalue weighted by Crippen LogP contribution is 2.39. The summed E-state index contributed by atoms with van der Waals surface area (Å²) in [6, 6.07) is 3.76. The molecule has 1 saturated heterocycles. The molecule has 3 heterocycles. The van der Waals surface area contributed by atoms with Gasteiger partial charge in [0.15, 0.2) is 0 Å². The van der Waals surface area contributed by atoms with Crippen molar-refractivity contribution in [1.82, 2.24) is 9.97 Å². The van der Waals surface area contributed by atoms with Gasteiger partial charge in [-0.25, -0.2) is 0 Å². The van der Waals surface area contributed by atoms with Crippen LogP contribution in [0.15, 0.2) is 24.5 Å². The minimum Gasteiger partial charge on any atom is -0.495 e. The summed E-state index contributed by atoms with van der Waals surface area (Å²) in [5, 5.41) is 9.45. The van der Waals surface area contributed by atoms with Crippen LogP contribution in [-0.2, 0) is 11.2 Å². The van der Waals surface area contributed by atoms with Crippen LogP contribution in [0.2, 0.25) is 0 Å². The van der Waals surface area contributed by atoms with Gasteiger partial charge in [-0.2, -0.15) is 0 Å². The molecule has 1 aliphatic rings. The minimum atomic E-state index is -0.849. The predicted molar refractivity (Wildman–Crippen MR) is 105 cm³/mol. The lowest BCUT2D eigenvalue weighted by Crippen LogP contribution is -2.38. The number of methoxy groups -OCH3 is 1. The summed E-state index contributed by atoms with van der Waals surface area (Å²) in [5.41, 5.74) is 4.45. The van der Waals surface area contributed by atoms with E-state index in [1.807, 2.05) is 25.3 Å². The summed E-state index contributed by atoms with van der Waals surface area (Å²) in [7, 11) is 1.61. The zero-order valence-electron chi connectivity index (χ0n) is 16.5. The number of anilines is 1. The first kappa shape index (κ1) is 19.1. The molecule has 0 saturated carbocycles. The van der Waals surface area contributed by atoms with E-state index >= 15 is 0 Å². The molecule has 6 nitrogen and oxygen atoms in total. The van der Waals surface area contributed by atoms with Crippen molar-refractivity contribution in [2.45, 2.75) is 40.0 Å². The highest BCUT2D eigenvalue weighted by atomic mass is 16.5. The molecule has 27 heavy (non-hydrogen) atoms. The lowest BCUT2D eigenvalue weighted by atomic mass is 9.82. The lowest BCUT2D eigenvalue weighted by molar-refractivity contribution is -0.136. The first-order chi connectivity index (χ1) is 12.8. The van der Waals surface area contributed by atoms with Crippen molar-refractivity contribution >= 4 is 11.7 Å². The number of aryl methyl sites for hydroxylation is 1. The van der Waals surface area contributed by atoms with Gasteiger partial charge in [0.2, 0.25) is 0 Å². The van der Waals surface area contributed by atoms with Gasteiger partial charge in [-0.1, -0.05) is 13.8 Å². The summed E-state index contributed by atoms with van der Waals surface area (Å²) in [5.74, 6) is -0.163. The number of aliphatic carboxylic acids is 1. The van der Waals surface area contributed by atoms with Gasteiger partial charge in [-0.15, -0.1) is 0 Å². The number of hydrogen-bond acceptors (Lipinski definition) is 5. The Balaban J connectivity index is 2.10. The lowest BCUT2D eigenvalue weighted by Gasteiger charge is -2.40. The molecular formula is C21H27N3O3. The van der Waals surface area contributed by atoms with Gasteiger partial charge in [0, 0.05) is 36.1 Å². The number of hydrogen-bond donors (Lipinski definition) is 1. The van der Waals surface area contributed by atoms with Crippen molar-refractivity contribution in [1.29, 1.82) is 0 Å². The summed E-state index contributed by atoms with van der Waals surface area (Å²) in [4.78, 5) is 22.8. The Kier molecular flexibility index (Phi) is 5.35. The van der Waals surface area contributed by atoms with Crippen molar-refractivity contribution in [2.24, 2.45) is 5.41 Å². The number of carboxylic acids is 1. The zero-order chi connectivity index (χ0) is 19.6. The number of piperidine rings is 1. The van der Waals surface area contributed by atoms with Gasteiger partial charge in [-0.3, -0.25) is 14.8 Å². The average Bonchev–Trinajstić information content (AvgIpc) is 2.63. The van der Waals surface area contributed by atoms with Gasteiger partial charge < -0.3 is 14.7 Å². The predicted octanol–water partition coefficient (Wildman–Crippen LogP) is 3.71. The molecule has 3 rings (SSSR count). The first-order valence-electron chi connectivity index (χ1n) is 9.26. The highest BCUT2D eigenvalue weighted by Gasteiger charge is 2.29. The Morgan fingerprint density at radius 2 is 1.93 bits per heavy atom. The van der Waals surface area contributed by atoms with Gasteiger partial charge in [0.05, 0.1) is 31.1 Å². The van der Waals surface area contributed by atoms with E-state index in [4.69, 9.17) is 4.74 Å². The molecule has 0 atom stereocenters. The Morgan fingerprint density at radius 3 is 2.48 bits per heavy atom. The van der Waals surface area contributed by atoms with Crippen LogP contribution in [0.4, 0.5) is 5.69 Å². The molecule has 0 aromatic carbocycles. The topological polar surface area (TPSA) is 75.6 Å². The van der Waals surface area contributed by atoms with E-state index in [2.05, 4.69) is 28.7 Å². The maximum absolute atomic E-state index is 11.5. The van der Waals surface area contributed by atoms with E-state index < -0.39 is 5.97 Å². The molecule has 0 aliphatic carbocycles. The number of carboxylic acid groups (broad SMARTS) is 1. The normalized spacial score (nSPS) is 16.2. The van der Waals surface area contributed by atoms with Crippen LogP contribution < -0.4 is 9.64 Å². The smallest absolute Gasteiger partial charge is 0.307 e. The fraction of sp³-hybridized carbons (Fsp3) is 0.476. The number of nitrogens with zero attached hydrogens (tertiary/aromatic N) is 3. The SMILES string of the molecule is COc1ccc(-c2cnc(C)c(CC(=O)O)c2N2CCC(C)(C)CC2)nc1. The minimum absolute atomic E-state index is 0.0436. The molecule has 0 bridgehead atoms. The maximum atomic E-state index is 11.5. The van der Waals surface area contributed by atoms with Crippen LogP contribution in [0.3, 0.4) is 0 Å². The average molecular weight is 369 g/mol. The fourth-order valence-corrected chi connectivity index (χ4v) is 3.54. The number of carbonyl (C=O) groups is 1. The second-order valence-corrected chi connectivity index (χ2v) is 7.89. The van der Waals surface area contributed by atoms with E-state index in [1.165, 1.54) is 0 Å². The van der Waals surface area contributed by atoms with Crippen LogP contribution in [0.1, 0.15) is 37.9 Å². The third kappa shape index (κ3) is 4.21. The summed E-state index contributed by atoms with van der Waals surface area (Å²) < 4.78 is 5.20. The largest absolute Gasteiger partial charge is 0.495 e. The summed E-state index contributed by atoms with van der Waals surface area (Å²) >= 11 is 0. The van der Waals surface area contributed by atoms with E-state index in [9.17, 15) is 9.90 Å². The van der Waals surface area contributed by atoms with Crippen molar-refractivity contribution in [3.05, 3.63) is 35.8 Å². The van der Waals surface area contributed by atoms with Gasteiger partial charge in [0.1, 0.15) is 5.75 Å². The van der Waals surface area contributed by atoms with Crippen molar-refractivity contribution < 1.29 is 14.6 Å². The standard InChI is InChI=1S/C21H27N3O3/c1-14-16(11-19(25)26)20(24-9-7-21(2,3)8-10-24)17(13-22-14)18-6-5-15(27-4)12-23-18/h5-6,12-13H,7-11H2,1-4H3,(H,25,26). The number of aromatic nitrogens is 2. The second kappa shape index (κ2) is 7.55. The molecule has 0 spiro atoms. The van der Waals surface area contributed by atoms with Crippen LogP contribution in [0, 0.1) is 12.3 Å². The second-order valence-electron chi connectivity index (χ2n) is 7.89. The Labute approximate surface area is 160 Å². The molecule has 1 aliphatic heterocycles. The number of ether oxygens (including phenoxy) is 1. The highest BCUT2D eigenvalue weighted by molar-refractivity contribution is 5.83. The van der Waals surface area contributed by atoms with E-state index in [-0.39, 0.29) is 6.42 Å². The molecule has 0 amide bonds. The quantitative estimate of drug-likeness (QED) is 0.866. The molecule has 2 aromatic heterocycles. The van der Waals surface area contributed by atoms with Gasteiger partial charge in [0.25, 0.3) is 0 Å². The molecule has 144 valence electrons. The first-order valence-corrected chi connectivity index (χ1v) is 9.26. The van der Waals surface area contributed by atoms with Crippen molar-refractivity contribution in [3.8, 4) is 17.0 Å². The summed E-state index contributed by atoms with van der Waals surface area (Å²) in [6.07, 6.45) is 5.57. The Hall–Kier alpha value is -2.63. The van der Waals surface area contributed by atoms with Crippen molar-refractivity contribution in [2.75, 3.05) is 25.1 Å². The maximum Gasteiger partial charge on any atom is 0.307 e. The number of pyridine rings is 2. The fourth-order valence-electron chi connectivity index (χ4n) is 3.54. The number of rotatable bonds is 5. The van der Waals surface area contributed by atoms with Crippen LogP contribution in [0.5, 0.6) is 5.75 Å².